The van der Waals surface area contributed by atoms with E-state index in [1.807, 2.05) is 6.92 Å². The second-order valence-corrected chi connectivity index (χ2v) is 2.37. The highest BCUT2D eigenvalue weighted by molar-refractivity contribution is 4.99. The smallest absolute Gasteiger partial charge is 0.0907 e. The molecule has 0 aromatic heterocycles. The summed E-state index contributed by atoms with van der Waals surface area (Å²) >= 11 is 0. The van der Waals surface area contributed by atoms with Crippen molar-refractivity contribution in [1.82, 2.24) is 0 Å². The molecule has 1 aliphatic rings. The van der Waals surface area contributed by atoms with E-state index in [4.69, 9.17) is 10.2 Å². The normalized spacial score (nSPS) is 49.3. The van der Waals surface area contributed by atoms with E-state index in [2.05, 4.69) is 0 Å². The topological polar surface area (TPSA) is 40.5 Å². The lowest BCUT2D eigenvalue weighted by atomic mass is 10.3. The first-order valence-electron chi connectivity index (χ1n) is 2.52. The Morgan fingerprint density at radius 1 is 1.86 bits per heavy atom. The molecule has 2 atom stereocenters. The molecule has 2 unspecified atom stereocenters. The summed E-state index contributed by atoms with van der Waals surface area (Å²) in [5, 5.41) is 17.3. The first kappa shape index (κ1) is 5.06. The van der Waals surface area contributed by atoms with Crippen molar-refractivity contribution in [3.05, 3.63) is 0 Å². The monoisotopic (exact) mass is 102 g/mol. The van der Waals surface area contributed by atoms with Crippen LogP contribution in [0.25, 0.3) is 0 Å². The Balaban J connectivity index is 2.36. The van der Waals surface area contributed by atoms with Crippen LogP contribution in [0.15, 0.2) is 0 Å². The van der Waals surface area contributed by atoms with Crippen molar-refractivity contribution in [2.45, 2.75) is 18.9 Å². The molecular weight excluding hydrogens is 92.1 g/mol. The molecule has 0 radical (unpaired) electrons. The second-order valence-electron chi connectivity index (χ2n) is 2.37. The Morgan fingerprint density at radius 2 is 2.29 bits per heavy atom. The zero-order chi connectivity index (χ0) is 5.49. The fourth-order valence-corrected chi connectivity index (χ4v) is 0.692. The molecule has 0 spiro atoms. The number of hydrogen-bond donors (Lipinski definition) is 2. The first-order chi connectivity index (χ1) is 3.19. The van der Waals surface area contributed by atoms with Gasteiger partial charge in [-0.15, -0.1) is 0 Å². The quantitative estimate of drug-likeness (QED) is 0.479. The minimum atomic E-state index is -0.694. The molecule has 0 amide bonds. The van der Waals surface area contributed by atoms with Crippen molar-refractivity contribution in [2.75, 3.05) is 6.61 Å². The number of aliphatic hydroxyl groups is 2. The van der Waals surface area contributed by atoms with E-state index in [0.29, 0.717) is 5.92 Å². The van der Waals surface area contributed by atoms with Crippen LogP contribution in [0.5, 0.6) is 0 Å². The Hall–Kier alpha value is -0.0800. The Bertz CT molecular complexity index is 78.1. The van der Waals surface area contributed by atoms with Crippen LogP contribution in [0.2, 0.25) is 0 Å². The lowest BCUT2D eigenvalue weighted by molar-refractivity contribution is 0.0618. The van der Waals surface area contributed by atoms with E-state index in [0.717, 1.165) is 6.42 Å². The fourth-order valence-electron chi connectivity index (χ4n) is 0.692. The average molecular weight is 102 g/mol. The molecule has 1 fully saturated rings. The average Bonchev–Trinajstić information content (AvgIpc) is 2.18. The summed E-state index contributed by atoms with van der Waals surface area (Å²) in [5.74, 6) is 0.317. The SMILES string of the molecule is CC1CC1(O)CO. The third-order valence-electron chi connectivity index (χ3n) is 1.69. The summed E-state index contributed by atoms with van der Waals surface area (Å²) in [7, 11) is 0. The number of hydrogen-bond acceptors (Lipinski definition) is 2. The first-order valence-corrected chi connectivity index (χ1v) is 2.52. The number of aliphatic hydroxyl groups excluding tert-OH is 1. The highest BCUT2D eigenvalue weighted by atomic mass is 16.3. The van der Waals surface area contributed by atoms with Gasteiger partial charge in [0.25, 0.3) is 0 Å². The van der Waals surface area contributed by atoms with E-state index in [1.165, 1.54) is 0 Å². The van der Waals surface area contributed by atoms with Crippen molar-refractivity contribution >= 4 is 0 Å². The molecule has 2 N–H and O–H groups in total. The number of rotatable bonds is 1. The van der Waals surface area contributed by atoms with E-state index in [9.17, 15) is 0 Å². The maximum atomic E-state index is 8.96. The third-order valence-corrected chi connectivity index (χ3v) is 1.69. The summed E-state index contributed by atoms with van der Waals surface area (Å²) < 4.78 is 0. The van der Waals surface area contributed by atoms with Crippen LogP contribution in [-0.4, -0.2) is 22.4 Å². The predicted octanol–water partition coefficient (Wildman–Crippen LogP) is -0.250. The van der Waals surface area contributed by atoms with Crippen LogP contribution >= 0.6 is 0 Å². The van der Waals surface area contributed by atoms with Gasteiger partial charge in [0, 0.05) is 0 Å². The van der Waals surface area contributed by atoms with Gasteiger partial charge in [-0.25, -0.2) is 0 Å². The molecule has 0 heterocycles. The van der Waals surface area contributed by atoms with Gasteiger partial charge in [-0.3, -0.25) is 0 Å². The Labute approximate surface area is 42.8 Å². The molecule has 0 saturated heterocycles. The van der Waals surface area contributed by atoms with Crippen LogP contribution < -0.4 is 0 Å². The molecule has 7 heavy (non-hydrogen) atoms. The summed E-state index contributed by atoms with van der Waals surface area (Å²) in [6.45, 7) is 1.85. The fraction of sp³-hybridized carbons (Fsp3) is 1.00. The van der Waals surface area contributed by atoms with Gasteiger partial charge >= 0.3 is 0 Å². The molecule has 2 nitrogen and oxygen atoms in total. The van der Waals surface area contributed by atoms with Gasteiger partial charge in [-0.2, -0.15) is 0 Å². The molecule has 1 rings (SSSR count). The van der Waals surface area contributed by atoms with E-state index >= 15 is 0 Å². The van der Waals surface area contributed by atoms with Crippen molar-refractivity contribution in [3.8, 4) is 0 Å². The van der Waals surface area contributed by atoms with Gasteiger partial charge in [-0.1, -0.05) is 6.92 Å². The van der Waals surface area contributed by atoms with Crippen molar-refractivity contribution in [2.24, 2.45) is 5.92 Å². The maximum Gasteiger partial charge on any atom is 0.0907 e. The molecule has 0 bridgehead atoms. The van der Waals surface area contributed by atoms with Crippen LogP contribution in [-0.2, 0) is 0 Å². The molecule has 0 aliphatic heterocycles. The van der Waals surface area contributed by atoms with Crippen LogP contribution in [0.3, 0.4) is 0 Å². The van der Waals surface area contributed by atoms with Gasteiger partial charge in [0.1, 0.15) is 0 Å². The standard InChI is InChI=1S/C5H10O2/c1-4-2-5(4,7)3-6/h4,6-7H,2-3H2,1H3. The largest absolute Gasteiger partial charge is 0.393 e. The second kappa shape index (κ2) is 1.20. The summed E-state index contributed by atoms with van der Waals surface area (Å²) in [4.78, 5) is 0. The zero-order valence-electron chi connectivity index (χ0n) is 4.39. The van der Waals surface area contributed by atoms with Crippen molar-refractivity contribution in [1.29, 1.82) is 0 Å². The molecule has 1 saturated carbocycles. The lowest BCUT2D eigenvalue weighted by Gasteiger charge is -1.99. The van der Waals surface area contributed by atoms with Crippen LogP contribution in [0, 0.1) is 5.92 Å². The molecule has 42 valence electrons. The minimum Gasteiger partial charge on any atom is -0.393 e. The van der Waals surface area contributed by atoms with Gasteiger partial charge in [0.2, 0.25) is 0 Å². The molecular formula is C5H10O2. The van der Waals surface area contributed by atoms with Gasteiger partial charge in [0.05, 0.1) is 12.2 Å². The summed E-state index contributed by atoms with van der Waals surface area (Å²) in [6.07, 6.45) is 0.767. The van der Waals surface area contributed by atoms with Crippen LogP contribution in [0.4, 0.5) is 0 Å². The Kier molecular flexibility index (Phi) is 0.869. The van der Waals surface area contributed by atoms with Crippen LogP contribution in [0.1, 0.15) is 13.3 Å². The van der Waals surface area contributed by atoms with Gasteiger partial charge < -0.3 is 10.2 Å². The van der Waals surface area contributed by atoms with Gasteiger partial charge in [-0.05, 0) is 12.3 Å². The minimum absolute atomic E-state index is 0.0752. The molecule has 1 aliphatic carbocycles. The zero-order valence-corrected chi connectivity index (χ0v) is 4.39. The highest BCUT2D eigenvalue weighted by Gasteiger charge is 2.48. The van der Waals surface area contributed by atoms with Gasteiger partial charge in [0.15, 0.2) is 0 Å². The van der Waals surface area contributed by atoms with E-state index in [1.54, 1.807) is 0 Å². The molecule has 2 heteroatoms. The third kappa shape index (κ3) is 0.640. The predicted molar refractivity (Wildman–Crippen MR) is 25.8 cm³/mol. The summed E-state index contributed by atoms with van der Waals surface area (Å²) in [5.41, 5.74) is -0.694. The maximum absolute atomic E-state index is 8.96. The molecule has 0 aromatic rings. The molecule has 0 aromatic carbocycles. The Morgan fingerprint density at radius 3 is 2.29 bits per heavy atom. The summed E-state index contributed by atoms with van der Waals surface area (Å²) in [6, 6.07) is 0. The lowest BCUT2D eigenvalue weighted by Crippen LogP contribution is -2.14. The van der Waals surface area contributed by atoms with Crippen molar-refractivity contribution < 1.29 is 10.2 Å². The highest BCUT2D eigenvalue weighted by Crippen LogP contribution is 2.41. The van der Waals surface area contributed by atoms with E-state index < -0.39 is 5.60 Å². The van der Waals surface area contributed by atoms with E-state index in [-0.39, 0.29) is 6.61 Å². The van der Waals surface area contributed by atoms with Crippen molar-refractivity contribution in [3.63, 3.8) is 0 Å².